The van der Waals surface area contributed by atoms with Crippen molar-refractivity contribution in [3.8, 4) is 0 Å². The molecule has 0 fully saturated rings. The quantitative estimate of drug-likeness (QED) is 0.0355. The predicted octanol–water partition coefficient (Wildman–Crippen LogP) is 9.29. The van der Waals surface area contributed by atoms with E-state index in [0.29, 0.717) is 6.42 Å². The number of hydrogen-bond acceptors (Lipinski definition) is 6. The van der Waals surface area contributed by atoms with Crippen molar-refractivity contribution in [3.05, 3.63) is 24.3 Å². The number of phosphoric ester groups is 1. The number of rotatable bonds is 30. The molecule has 0 saturated heterocycles. The van der Waals surface area contributed by atoms with E-state index in [1.54, 1.807) is 0 Å². The number of phosphoric acid groups is 1. The van der Waals surface area contributed by atoms with Crippen molar-refractivity contribution in [1.29, 1.82) is 0 Å². The van der Waals surface area contributed by atoms with Crippen LogP contribution in [0.2, 0.25) is 0 Å². The Hall–Kier alpha value is -1.47. The van der Waals surface area contributed by atoms with Gasteiger partial charge < -0.3 is 19.3 Å². The summed E-state index contributed by atoms with van der Waals surface area (Å²) in [5.41, 5.74) is 0. The number of hydrogen-bond donors (Lipinski definition) is 2. The lowest BCUT2D eigenvalue weighted by Gasteiger charge is -2.18. The fraction of sp³-hybridized carbons (Fsp3) is 0.818. The number of unbranched alkanes of at least 4 members (excludes halogenated alkanes) is 16. The fourth-order valence-corrected chi connectivity index (χ4v) is 4.84. The van der Waals surface area contributed by atoms with Crippen LogP contribution in [0.3, 0.4) is 0 Å². The van der Waals surface area contributed by atoms with Gasteiger partial charge in [-0.15, -0.1) is 0 Å². The van der Waals surface area contributed by atoms with Gasteiger partial charge in [-0.2, -0.15) is 0 Å². The molecular weight excluding hydrogens is 555 g/mol. The Labute approximate surface area is 256 Å². The summed E-state index contributed by atoms with van der Waals surface area (Å²) in [5.74, 6) is -0.963. The molecule has 0 heterocycles. The van der Waals surface area contributed by atoms with Gasteiger partial charge in [-0.1, -0.05) is 134 Å². The molecule has 0 radical (unpaired) electrons. The molecule has 0 aromatic rings. The molecule has 8 nitrogen and oxygen atoms in total. The highest BCUT2D eigenvalue weighted by atomic mass is 31.2. The van der Waals surface area contributed by atoms with Crippen molar-refractivity contribution in [2.45, 2.75) is 161 Å². The van der Waals surface area contributed by atoms with Gasteiger partial charge in [0.25, 0.3) is 0 Å². The molecule has 0 aliphatic rings. The molecular formula is C33H61O8P. The first-order valence-corrected chi connectivity index (χ1v) is 18.2. The summed E-state index contributed by atoms with van der Waals surface area (Å²) in [5, 5.41) is 0. The average molecular weight is 617 g/mol. The van der Waals surface area contributed by atoms with Crippen molar-refractivity contribution >= 4 is 19.8 Å². The molecule has 42 heavy (non-hydrogen) atoms. The van der Waals surface area contributed by atoms with Crippen LogP contribution in [0.4, 0.5) is 0 Å². The van der Waals surface area contributed by atoms with Crippen LogP contribution < -0.4 is 0 Å². The molecule has 9 heteroatoms. The average Bonchev–Trinajstić information content (AvgIpc) is 2.95. The van der Waals surface area contributed by atoms with Crippen LogP contribution in [-0.2, 0) is 28.2 Å². The van der Waals surface area contributed by atoms with Gasteiger partial charge in [0.1, 0.15) is 6.61 Å². The second kappa shape index (κ2) is 29.6. The predicted molar refractivity (Wildman–Crippen MR) is 170 cm³/mol. The molecule has 1 unspecified atom stereocenters. The van der Waals surface area contributed by atoms with Crippen LogP contribution in [0.1, 0.15) is 155 Å². The molecule has 0 aromatic heterocycles. The highest BCUT2D eigenvalue weighted by Crippen LogP contribution is 2.35. The van der Waals surface area contributed by atoms with Crippen LogP contribution >= 0.6 is 7.82 Å². The van der Waals surface area contributed by atoms with Crippen molar-refractivity contribution < 1.29 is 37.9 Å². The van der Waals surface area contributed by atoms with Gasteiger partial charge in [0.05, 0.1) is 6.61 Å². The largest absolute Gasteiger partial charge is 0.469 e. The highest BCUT2D eigenvalue weighted by molar-refractivity contribution is 7.46. The van der Waals surface area contributed by atoms with E-state index in [0.717, 1.165) is 32.1 Å². The third-order valence-electron chi connectivity index (χ3n) is 6.99. The lowest BCUT2D eigenvalue weighted by atomic mass is 10.1. The Morgan fingerprint density at radius 1 is 0.619 bits per heavy atom. The van der Waals surface area contributed by atoms with Gasteiger partial charge in [-0.3, -0.25) is 14.1 Å². The Kier molecular flexibility index (Phi) is 28.6. The summed E-state index contributed by atoms with van der Waals surface area (Å²) < 4.78 is 26.1. The van der Waals surface area contributed by atoms with E-state index < -0.39 is 32.5 Å². The van der Waals surface area contributed by atoms with Gasteiger partial charge in [-0.25, -0.2) is 4.57 Å². The Bertz CT molecular complexity index is 746. The van der Waals surface area contributed by atoms with Gasteiger partial charge in [0.15, 0.2) is 6.10 Å². The minimum atomic E-state index is -4.75. The van der Waals surface area contributed by atoms with Crippen molar-refractivity contribution in [2.75, 3.05) is 13.2 Å². The maximum atomic E-state index is 12.2. The number of allylic oxidation sites excluding steroid dienone is 4. The maximum absolute atomic E-state index is 12.2. The minimum absolute atomic E-state index is 0.108. The topological polar surface area (TPSA) is 119 Å². The highest BCUT2D eigenvalue weighted by Gasteiger charge is 2.22. The minimum Gasteiger partial charge on any atom is -0.462 e. The molecule has 0 aliphatic carbocycles. The van der Waals surface area contributed by atoms with E-state index in [1.807, 2.05) is 12.2 Å². The van der Waals surface area contributed by atoms with Gasteiger partial charge >= 0.3 is 19.8 Å². The summed E-state index contributed by atoms with van der Waals surface area (Å²) in [6, 6.07) is 0. The second-order valence-corrected chi connectivity index (χ2v) is 12.4. The molecule has 0 rings (SSSR count). The standard InChI is InChI=1S/C33H61O8P/c1-3-5-7-9-11-13-15-16-18-20-22-24-26-28-33(35)41-31(30-40-42(36,37)38)29-39-32(34)27-25-23-21-19-17-14-12-10-8-6-4-2/h16,18,22,24,31H,3-15,17,19-21,23,25-30H2,1-2H3,(H2,36,37,38)/b18-16+,24-22+. The van der Waals surface area contributed by atoms with E-state index in [9.17, 15) is 14.2 Å². The van der Waals surface area contributed by atoms with Gasteiger partial charge in [0.2, 0.25) is 0 Å². The molecule has 0 amide bonds. The van der Waals surface area contributed by atoms with E-state index in [2.05, 4.69) is 30.5 Å². The van der Waals surface area contributed by atoms with E-state index >= 15 is 0 Å². The number of carbonyl (C=O) groups excluding carboxylic acids is 2. The molecule has 0 aromatic carbocycles. The Morgan fingerprint density at radius 3 is 1.67 bits per heavy atom. The Morgan fingerprint density at radius 2 is 1.12 bits per heavy atom. The number of esters is 2. The van der Waals surface area contributed by atoms with Crippen LogP contribution in [-0.4, -0.2) is 41.0 Å². The van der Waals surface area contributed by atoms with Gasteiger partial charge in [-0.05, 0) is 32.1 Å². The lowest BCUT2D eigenvalue weighted by molar-refractivity contribution is -0.161. The lowest BCUT2D eigenvalue weighted by Crippen LogP contribution is -2.29. The van der Waals surface area contributed by atoms with Crippen molar-refractivity contribution in [2.24, 2.45) is 0 Å². The first kappa shape index (κ1) is 40.5. The van der Waals surface area contributed by atoms with Crippen LogP contribution in [0.25, 0.3) is 0 Å². The zero-order valence-electron chi connectivity index (χ0n) is 26.6. The summed E-state index contributed by atoms with van der Waals surface area (Å²) in [4.78, 5) is 42.4. The number of carbonyl (C=O) groups is 2. The SMILES string of the molecule is CCCCCCCC/C=C/C/C=C/CCC(=O)OC(COC(=O)CCCCCCCCCCCCC)COP(=O)(O)O. The molecule has 0 aliphatic heterocycles. The zero-order valence-corrected chi connectivity index (χ0v) is 27.5. The summed E-state index contributed by atoms with van der Waals surface area (Å²) in [6.45, 7) is 3.59. The van der Waals surface area contributed by atoms with Gasteiger partial charge in [0, 0.05) is 12.8 Å². The third-order valence-corrected chi connectivity index (χ3v) is 7.47. The first-order chi connectivity index (χ1) is 20.3. The maximum Gasteiger partial charge on any atom is 0.469 e. The monoisotopic (exact) mass is 616 g/mol. The third kappa shape index (κ3) is 31.5. The normalized spacial score (nSPS) is 12.8. The summed E-state index contributed by atoms with van der Waals surface area (Å²) in [7, 11) is -4.75. The molecule has 0 bridgehead atoms. The molecule has 0 saturated carbocycles. The van der Waals surface area contributed by atoms with Crippen molar-refractivity contribution in [1.82, 2.24) is 0 Å². The fourth-order valence-electron chi connectivity index (χ4n) is 4.48. The first-order valence-electron chi connectivity index (χ1n) is 16.6. The van der Waals surface area contributed by atoms with Crippen molar-refractivity contribution in [3.63, 3.8) is 0 Å². The molecule has 0 spiro atoms. The molecule has 1 atom stereocenters. The molecule has 246 valence electrons. The smallest absolute Gasteiger partial charge is 0.462 e. The van der Waals surface area contributed by atoms with E-state index in [1.165, 1.54) is 89.9 Å². The van der Waals surface area contributed by atoms with E-state index in [-0.39, 0.29) is 19.4 Å². The van der Waals surface area contributed by atoms with Crippen LogP contribution in [0, 0.1) is 0 Å². The van der Waals surface area contributed by atoms with Crippen LogP contribution in [0.15, 0.2) is 24.3 Å². The summed E-state index contributed by atoms with van der Waals surface area (Å²) >= 11 is 0. The molecule has 2 N–H and O–H groups in total. The second-order valence-electron chi connectivity index (χ2n) is 11.1. The number of ether oxygens (including phenoxy) is 2. The summed E-state index contributed by atoms with van der Waals surface area (Å²) in [6.07, 6.45) is 30.6. The zero-order chi connectivity index (χ0) is 31.2. The van der Waals surface area contributed by atoms with E-state index in [4.69, 9.17) is 19.3 Å². The van der Waals surface area contributed by atoms with Crippen LogP contribution in [0.5, 0.6) is 0 Å². The Balaban J connectivity index is 4.11.